The molecule has 2 atom stereocenters. The molecule has 0 spiro atoms. The van der Waals surface area contributed by atoms with E-state index < -0.39 is 24.7 Å². The molecule has 2 aliphatic rings. The zero-order chi connectivity index (χ0) is 22.4. The van der Waals surface area contributed by atoms with Gasteiger partial charge in [-0.3, -0.25) is 4.79 Å². The third kappa shape index (κ3) is 3.75. The maximum Gasteiger partial charge on any atom is 0.387 e. The van der Waals surface area contributed by atoms with Crippen LogP contribution in [0.15, 0.2) is 36.7 Å². The lowest BCUT2D eigenvalue weighted by atomic mass is 9.98. The van der Waals surface area contributed by atoms with Crippen LogP contribution in [0.3, 0.4) is 0 Å². The number of hydrogen-bond acceptors (Lipinski definition) is 5. The summed E-state index contributed by atoms with van der Waals surface area (Å²) in [5.74, 6) is -0.729. The molecular weight excluding hydrogens is 427 g/mol. The third-order valence-corrected chi connectivity index (χ3v) is 5.72. The van der Waals surface area contributed by atoms with E-state index in [1.807, 2.05) is 18.3 Å². The Labute approximate surface area is 181 Å². The number of nitrogens with one attached hydrogen (secondary N) is 1. The Kier molecular flexibility index (Phi) is 5.16. The monoisotopic (exact) mass is 447 g/mol. The fourth-order valence-corrected chi connectivity index (χ4v) is 3.77. The van der Waals surface area contributed by atoms with E-state index in [0.717, 1.165) is 11.1 Å². The number of rotatable bonds is 7. The lowest BCUT2D eigenvalue weighted by molar-refractivity contribution is -0.0502. The van der Waals surface area contributed by atoms with E-state index in [-0.39, 0.29) is 23.5 Å². The van der Waals surface area contributed by atoms with E-state index in [0.29, 0.717) is 30.3 Å². The number of hydrogen-bond donors (Lipinski definition) is 1. The zero-order valence-electron chi connectivity index (χ0n) is 17.1. The number of halogens is 3. The molecule has 3 aromatic rings. The van der Waals surface area contributed by atoms with Crippen molar-refractivity contribution < 1.29 is 32.2 Å². The number of amides is 1. The van der Waals surface area contributed by atoms with Crippen molar-refractivity contribution in [3.63, 3.8) is 0 Å². The van der Waals surface area contributed by atoms with Crippen molar-refractivity contribution in [1.29, 1.82) is 0 Å². The van der Waals surface area contributed by atoms with Crippen molar-refractivity contribution in [1.82, 2.24) is 14.9 Å². The Morgan fingerprint density at radius 2 is 2.03 bits per heavy atom. The third-order valence-electron chi connectivity index (χ3n) is 5.72. The number of alkyl halides is 3. The van der Waals surface area contributed by atoms with Gasteiger partial charge in [0.2, 0.25) is 0 Å². The highest BCUT2D eigenvalue weighted by Gasteiger charge is 2.40. The second kappa shape index (κ2) is 8.01. The highest BCUT2D eigenvalue weighted by molar-refractivity contribution is 6.01. The van der Waals surface area contributed by atoms with Gasteiger partial charge in [-0.05, 0) is 29.3 Å². The zero-order valence-corrected chi connectivity index (χ0v) is 17.1. The number of fused-ring (bicyclic) bond motifs is 1. The SMILES string of the molecule is COc1cc(-c2cnn3cc(C4COC4)ccc23)cc(OC(F)F)c1C(=O)N[C@@H]1C[C@@H]1F. The van der Waals surface area contributed by atoms with E-state index >= 15 is 0 Å². The average Bonchev–Trinajstić information content (AvgIpc) is 3.24. The molecule has 5 rings (SSSR count). The van der Waals surface area contributed by atoms with Crippen molar-refractivity contribution >= 4 is 11.4 Å². The molecule has 168 valence electrons. The second-order valence-corrected chi connectivity index (χ2v) is 7.85. The summed E-state index contributed by atoms with van der Waals surface area (Å²) < 4.78 is 56.4. The molecule has 0 bridgehead atoms. The van der Waals surface area contributed by atoms with Crippen LogP contribution in [0.1, 0.15) is 28.3 Å². The molecule has 0 radical (unpaired) electrons. The minimum absolute atomic E-state index is 0.0364. The van der Waals surface area contributed by atoms with Crippen LogP contribution in [0.4, 0.5) is 13.2 Å². The quantitative estimate of drug-likeness (QED) is 0.600. The number of pyridine rings is 1. The maximum atomic E-state index is 13.2. The summed E-state index contributed by atoms with van der Waals surface area (Å²) in [6, 6.07) is 6.13. The number of benzene rings is 1. The van der Waals surface area contributed by atoms with Crippen LogP contribution >= 0.6 is 0 Å². The van der Waals surface area contributed by atoms with Gasteiger partial charge in [-0.25, -0.2) is 8.91 Å². The van der Waals surface area contributed by atoms with E-state index in [9.17, 15) is 18.0 Å². The molecule has 10 heteroatoms. The first-order valence-electron chi connectivity index (χ1n) is 10.1. The molecule has 1 aliphatic carbocycles. The first kappa shape index (κ1) is 20.6. The van der Waals surface area contributed by atoms with Gasteiger partial charge in [0.15, 0.2) is 0 Å². The van der Waals surface area contributed by atoms with Gasteiger partial charge in [0, 0.05) is 24.1 Å². The normalized spacial score (nSPS) is 20.3. The highest BCUT2D eigenvalue weighted by Crippen LogP contribution is 2.38. The number of ether oxygens (including phenoxy) is 3. The topological polar surface area (TPSA) is 74.1 Å². The lowest BCUT2D eigenvalue weighted by Crippen LogP contribution is -2.28. The molecule has 0 unspecified atom stereocenters. The summed E-state index contributed by atoms with van der Waals surface area (Å²) in [7, 11) is 1.32. The summed E-state index contributed by atoms with van der Waals surface area (Å²) in [6.45, 7) is -1.83. The molecule has 3 heterocycles. The maximum absolute atomic E-state index is 13.2. The first-order valence-corrected chi connectivity index (χ1v) is 10.1. The van der Waals surface area contributed by atoms with Crippen LogP contribution in [0, 0.1) is 0 Å². The standard InChI is InChI=1S/C22H20F3N3O4/c1-30-18-4-12(5-19(32-22(24)25)20(18)21(29)27-16-6-15(16)23)14-7-26-28-8-11(2-3-17(14)28)13-9-31-10-13/h2-5,7-8,13,15-16,22H,6,9-10H2,1H3,(H,27,29)/t15-,16+/m0/s1. The predicted octanol–water partition coefficient (Wildman–Crippen LogP) is 3.57. The molecule has 32 heavy (non-hydrogen) atoms. The molecule has 2 aromatic heterocycles. The fraction of sp³-hybridized carbons (Fsp3) is 0.364. The molecular formula is C22H20F3N3O4. The van der Waals surface area contributed by atoms with Crippen LogP contribution in [0.2, 0.25) is 0 Å². The van der Waals surface area contributed by atoms with E-state index in [2.05, 4.69) is 15.2 Å². The predicted molar refractivity (Wildman–Crippen MR) is 108 cm³/mol. The first-order chi connectivity index (χ1) is 15.4. The number of nitrogens with zero attached hydrogens (tertiary/aromatic N) is 2. The van der Waals surface area contributed by atoms with Crippen molar-refractivity contribution in [2.45, 2.75) is 31.2 Å². The Hall–Kier alpha value is -3.27. The molecule has 7 nitrogen and oxygen atoms in total. The smallest absolute Gasteiger partial charge is 0.387 e. The van der Waals surface area contributed by atoms with Crippen LogP contribution in [-0.2, 0) is 4.74 Å². The minimum atomic E-state index is -3.16. The van der Waals surface area contributed by atoms with Gasteiger partial charge in [0.1, 0.15) is 23.2 Å². The molecule has 2 fully saturated rings. The van der Waals surface area contributed by atoms with Crippen LogP contribution in [0.25, 0.3) is 16.6 Å². The molecule has 1 aromatic carbocycles. The van der Waals surface area contributed by atoms with Gasteiger partial charge < -0.3 is 19.5 Å². The molecule has 1 aliphatic heterocycles. The Morgan fingerprint density at radius 1 is 1.28 bits per heavy atom. The Bertz CT molecular complexity index is 1180. The summed E-state index contributed by atoms with van der Waals surface area (Å²) in [5.41, 5.74) is 2.76. The van der Waals surface area contributed by atoms with Gasteiger partial charge in [-0.2, -0.15) is 13.9 Å². The van der Waals surface area contributed by atoms with Gasteiger partial charge in [0.25, 0.3) is 5.91 Å². The van der Waals surface area contributed by atoms with Crippen molar-refractivity contribution in [3.05, 3.63) is 47.8 Å². The van der Waals surface area contributed by atoms with E-state index in [1.54, 1.807) is 16.8 Å². The average molecular weight is 447 g/mol. The largest absolute Gasteiger partial charge is 0.496 e. The number of methoxy groups -OCH3 is 1. The second-order valence-electron chi connectivity index (χ2n) is 7.85. The van der Waals surface area contributed by atoms with Crippen LogP contribution in [0.5, 0.6) is 11.5 Å². The van der Waals surface area contributed by atoms with Crippen LogP contribution < -0.4 is 14.8 Å². The Balaban J connectivity index is 1.55. The summed E-state index contributed by atoms with van der Waals surface area (Å²) in [6.07, 6.45) is 2.56. The minimum Gasteiger partial charge on any atom is -0.496 e. The molecule has 1 saturated carbocycles. The summed E-state index contributed by atoms with van der Waals surface area (Å²) >= 11 is 0. The van der Waals surface area contributed by atoms with Gasteiger partial charge in [0.05, 0.1) is 38.1 Å². The van der Waals surface area contributed by atoms with E-state index in [1.165, 1.54) is 13.2 Å². The number of aromatic nitrogens is 2. The molecule has 1 saturated heterocycles. The van der Waals surface area contributed by atoms with Crippen molar-refractivity contribution in [2.75, 3.05) is 20.3 Å². The van der Waals surface area contributed by atoms with Crippen molar-refractivity contribution in [3.8, 4) is 22.6 Å². The van der Waals surface area contributed by atoms with Crippen molar-refractivity contribution in [2.24, 2.45) is 0 Å². The van der Waals surface area contributed by atoms with Gasteiger partial charge in [-0.1, -0.05) is 6.07 Å². The summed E-state index contributed by atoms with van der Waals surface area (Å²) in [4.78, 5) is 12.7. The molecule has 1 N–H and O–H groups in total. The number of carbonyl (C=O) groups is 1. The van der Waals surface area contributed by atoms with Gasteiger partial charge in [-0.15, -0.1) is 0 Å². The fourth-order valence-electron chi connectivity index (χ4n) is 3.77. The molecule has 1 amide bonds. The highest BCUT2D eigenvalue weighted by atomic mass is 19.3. The number of carbonyl (C=O) groups excluding carboxylic acids is 1. The van der Waals surface area contributed by atoms with Gasteiger partial charge >= 0.3 is 6.61 Å². The summed E-state index contributed by atoms with van der Waals surface area (Å²) in [5, 5.41) is 6.86. The van der Waals surface area contributed by atoms with Crippen LogP contribution in [-0.4, -0.2) is 54.7 Å². The Morgan fingerprint density at radius 3 is 2.66 bits per heavy atom. The lowest BCUT2D eigenvalue weighted by Gasteiger charge is -2.26. The van der Waals surface area contributed by atoms with E-state index in [4.69, 9.17) is 9.47 Å².